The van der Waals surface area contributed by atoms with Gasteiger partial charge in [0.05, 0.1) is 15.7 Å². The van der Waals surface area contributed by atoms with E-state index in [0.29, 0.717) is 26.2 Å². The van der Waals surface area contributed by atoms with Gasteiger partial charge in [0.2, 0.25) is 10.0 Å². The van der Waals surface area contributed by atoms with Crippen molar-refractivity contribution in [3.63, 3.8) is 0 Å². The number of hydrogen-bond donors (Lipinski definition) is 0. The first-order valence-electron chi connectivity index (χ1n) is 7.91. The van der Waals surface area contributed by atoms with Crippen LogP contribution in [0.3, 0.4) is 0 Å². The molecule has 0 saturated carbocycles. The largest absolute Gasteiger partial charge is 0.295 e. The predicted molar refractivity (Wildman–Crippen MR) is 97.0 cm³/mol. The van der Waals surface area contributed by atoms with Crippen LogP contribution in [0.5, 0.6) is 0 Å². The Morgan fingerprint density at radius 2 is 1.92 bits per heavy atom. The zero-order valence-corrected chi connectivity index (χ0v) is 15.9. The molecule has 0 amide bonds. The van der Waals surface area contributed by atoms with Crippen molar-refractivity contribution in [2.45, 2.75) is 24.8 Å². The molecule has 0 unspecified atom stereocenters. The third-order valence-electron chi connectivity index (χ3n) is 4.07. The van der Waals surface area contributed by atoms with E-state index in [9.17, 15) is 8.42 Å². The number of aromatic nitrogens is 1. The molecule has 1 aliphatic heterocycles. The van der Waals surface area contributed by atoms with Gasteiger partial charge in [-0.05, 0) is 18.6 Å². The highest BCUT2D eigenvalue weighted by molar-refractivity contribution is 7.89. The fraction of sp³-hybridized carbons (Fsp3) is 0.438. The van der Waals surface area contributed by atoms with Crippen molar-refractivity contribution in [1.82, 2.24) is 14.2 Å². The standard InChI is InChI=1S/C16H20ClN3O2S2/c1-2-16-18-13(12-23-16)11-19-7-9-20(10-8-19)24(21,22)15-6-4-3-5-14(15)17/h3-6,12H,2,7-11H2,1H3. The monoisotopic (exact) mass is 385 g/mol. The smallest absolute Gasteiger partial charge is 0.244 e. The van der Waals surface area contributed by atoms with Crippen molar-refractivity contribution >= 4 is 33.0 Å². The second kappa shape index (κ2) is 7.49. The summed E-state index contributed by atoms with van der Waals surface area (Å²) in [6, 6.07) is 6.60. The fourth-order valence-electron chi connectivity index (χ4n) is 2.73. The van der Waals surface area contributed by atoms with E-state index in [4.69, 9.17) is 11.6 Å². The van der Waals surface area contributed by atoms with Gasteiger partial charge in [-0.2, -0.15) is 4.31 Å². The lowest BCUT2D eigenvalue weighted by molar-refractivity contribution is 0.180. The molecule has 1 fully saturated rings. The van der Waals surface area contributed by atoms with Gasteiger partial charge in [0.25, 0.3) is 0 Å². The number of piperazine rings is 1. The molecule has 1 saturated heterocycles. The maximum Gasteiger partial charge on any atom is 0.244 e. The molecule has 0 atom stereocenters. The highest BCUT2D eigenvalue weighted by atomic mass is 35.5. The lowest BCUT2D eigenvalue weighted by Gasteiger charge is -2.33. The zero-order valence-electron chi connectivity index (χ0n) is 13.5. The quantitative estimate of drug-likeness (QED) is 0.794. The molecule has 0 N–H and O–H groups in total. The molecular weight excluding hydrogens is 366 g/mol. The molecule has 1 aromatic heterocycles. The Bertz CT molecular complexity index is 799. The van der Waals surface area contributed by atoms with Gasteiger partial charge in [0.1, 0.15) is 4.90 Å². The normalized spacial score (nSPS) is 17.2. The van der Waals surface area contributed by atoms with Crippen LogP contribution in [0.25, 0.3) is 0 Å². The Morgan fingerprint density at radius 3 is 2.54 bits per heavy atom. The molecule has 1 aromatic carbocycles. The minimum absolute atomic E-state index is 0.187. The van der Waals surface area contributed by atoms with Crippen molar-refractivity contribution in [2.75, 3.05) is 26.2 Å². The van der Waals surface area contributed by atoms with Crippen LogP contribution < -0.4 is 0 Å². The van der Waals surface area contributed by atoms with Crippen molar-refractivity contribution in [2.24, 2.45) is 0 Å². The second-order valence-corrected chi connectivity index (χ2v) is 8.95. The van der Waals surface area contributed by atoms with E-state index in [1.807, 2.05) is 0 Å². The Morgan fingerprint density at radius 1 is 1.21 bits per heavy atom. The van der Waals surface area contributed by atoms with Gasteiger partial charge in [0.15, 0.2) is 0 Å². The Hall–Kier alpha value is -0.990. The highest BCUT2D eigenvalue weighted by Gasteiger charge is 2.30. The Balaban J connectivity index is 1.63. The summed E-state index contributed by atoms with van der Waals surface area (Å²) in [6.07, 6.45) is 0.953. The van der Waals surface area contributed by atoms with Crippen LogP contribution in [0.2, 0.25) is 5.02 Å². The van der Waals surface area contributed by atoms with Crippen LogP contribution in [0.15, 0.2) is 34.5 Å². The lowest BCUT2D eigenvalue weighted by Crippen LogP contribution is -2.48. The van der Waals surface area contributed by atoms with Crippen molar-refractivity contribution in [1.29, 1.82) is 0 Å². The van der Waals surface area contributed by atoms with Gasteiger partial charge in [0, 0.05) is 38.1 Å². The van der Waals surface area contributed by atoms with E-state index in [1.54, 1.807) is 35.6 Å². The molecule has 0 aliphatic carbocycles. The molecule has 24 heavy (non-hydrogen) atoms. The van der Waals surface area contributed by atoms with Crippen LogP contribution >= 0.6 is 22.9 Å². The topological polar surface area (TPSA) is 53.5 Å². The molecule has 2 aromatic rings. The number of halogens is 1. The first-order valence-corrected chi connectivity index (χ1v) is 10.6. The van der Waals surface area contributed by atoms with E-state index >= 15 is 0 Å². The third-order valence-corrected chi connectivity index (χ3v) is 7.51. The molecule has 2 heterocycles. The summed E-state index contributed by atoms with van der Waals surface area (Å²) in [5.41, 5.74) is 1.07. The van der Waals surface area contributed by atoms with Crippen molar-refractivity contribution in [3.8, 4) is 0 Å². The van der Waals surface area contributed by atoms with Crippen LogP contribution in [0.4, 0.5) is 0 Å². The molecule has 8 heteroatoms. The van der Waals surface area contributed by atoms with Gasteiger partial charge in [-0.25, -0.2) is 13.4 Å². The summed E-state index contributed by atoms with van der Waals surface area (Å²) in [6.45, 7) is 5.21. The summed E-state index contributed by atoms with van der Waals surface area (Å²) in [7, 11) is -3.53. The number of hydrogen-bond acceptors (Lipinski definition) is 5. The maximum atomic E-state index is 12.7. The second-order valence-electron chi connectivity index (χ2n) is 5.70. The van der Waals surface area contributed by atoms with E-state index in [0.717, 1.165) is 23.7 Å². The van der Waals surface area contributed by atoms with Crippen molar-refractivity contribution < 1.29 is 8.42 Å². The first-order chi connectivity index (χ1) is 11.5. The lowest BCUT2D eigenvalue weighted by atomic mass is 10.3. The first kappa shape index (κ1) is 17.8. The summed E-state index contributed by atoms with van der Waals surface area (Å²) >= 11 is 7.74. The minimum Gasteiger partial charge on any atom is -0.295 e. The molecular formula is C16H20ClN3O2S2. The minimum atomic E-state index is -3.53. The highest BCUT2D eigenvalue weighted by Crippen LogP contribution is 2.25. The summed E-state index contributed by atoms with van der Waals surface area (Å²) in [5, 5.41) is 3.51. The van der Waals surface area contributed by atoms with E-state index < -0.39 is 10.0 Å². The number of thiazole rings is 1. The van der Waals surface area contributed by atoms with Crippen LogP contribution in [0, 0.1) is 0 Å². The van der Waals surface area contributed by atoms with E-state index in [-0.39, 0.29) is 9.92 Å². The maximum absolute atomic E-state index is 12.7. The Labute approximate surface area is 151 Å². The summed E-state index contributed by atoms with van der Waals surface area (Å²) < 4.78 is 27.0. The zero-order chi connectivity index (χ0) is 17.2. The van der Waals surface area contributed by atoms with E-state index in [2.05, 4.69) is 22.2 Å². The average molecular weight is 386 g/mol. The SMILES string of the molecule is CCc1nc(CN2CCN(S(=O)(=O)c3ccccc3Cl)CC2)cs1. The Kier molecular flexibility index (Phi) is 5.56. The van der Waals surface area contributed by atoms with E-state index in [1.165, 1.54) is 4.31 Å². The van der Waals surface area contributed by atoms with Crippen molar-refractivity contribution in [3.05, 3.63) is 45.4 Å². The average Bonchev–Trinajstić information content (AvgIpc) is 3.03. The van der Waals surface area contributed by atoms with Crippen LogP contribution in [-0.2, 0) is 23.0 Å². The van der Waals surface area contributed by atoms with Gasteiger partial charge in [-0.1, -0.05) is 30.7 Å². The number of rotatable bonds is 5. The molecule has 3 rings (SSSR count). The van der Waals surface area contributed by atoms with Gasteiger partial charge >= 0.3 is 0 Å². The van der Waals surface area contributed by atoms with Gasteiger partial charge < -0.3 is 0 Å². The van der Waals surface area contributed by atoms with Gasteiger partial charge in [-0.3, -0.25) is 4.90 Å². The molecule has 0 bridgehead atoms. The molecule has 5 nitrogen and oxygen atoms in total. The van der Waals surface area contributed by atoms with Gasteiger partial charge in [-0.15, -0.1) is 11.3 Å². The number of aryl methyl sites for hydroxylation is 1. The summed E-state index contributed by atoms with van der Waals surface area (Å²) in [4.78, 5) is 7.01. The molecule has 130 valence electrons. The third kappa shape index (κ3) is 3.81. The predicted octanol–water partition coefficient (Wildman–Crippen LogP) is 2.87. The molecule has 1 aliphatic rings. The van der Waals surface area contributed by atoms with Crippen LogP contribution in [-0.4, -0.2) is 48.8 Å². The molecule has 0 spiro atoms. The molecule has 0 radical (unpaired) electrons. The number of sulfonamides is 1. The summed E-state index contributed by atoms with van der Waals surface area (Å²) in [5.74, 6) is 0. The fourth-order valence-corrected chi connectivity index (χ4v) is 5.39. The number of nitrogens with zero attached hydrogens (tertiary/aromatic N) is 3. The van der Waals surface area contributed by atoms with Crippen LogP contribution in [0.1, 0.15) is 17.6 Å². The number of benzene rings is 1.